The highest BCUT2D eigenvalue weighted by Crippen LogP contribution is 2.06. The van der Waals surface area contributed by atoms with Gasteiger partial charge >= 0.3 is 0 Å². The molecule has 5 N–H and O–H groups in total. The first-order chi connectivity index (χ1) is 9.61. The SMILES string of the molecule is Cc1[nH]ncc1CNC(=O)c1ccc(C(N)=NO)cc1. The predicted molar refractivity (Wildman–Crippen MR) is 73.4 cm³/mol. The van der Waals surface area contributed by atoms with Gasteiger partial charge in [-0.15, -0.1) is 0 Å². The highest BCUT2D eigenvalue weighted by Gasteiger charge is 2.08. The molecule has 0 unspecified atom stereocenters. The molecule has 0 atom stereocenters. The van der Waals surface area contributed by atoms with Crippen LogP contribution in [0.3, 0.4) is 0 Å². The summed E-state index contributed by atoms with van der Waals surface area (Å²) in [6.07, 6.45) is 1.68. The van der Waals surface area contributed by atoms with Crippen molar-refractivity contribution in [2.45, 2.75) is 13.5 Å². The van der Waals surface area contributed by atoms with Gasteiger partial charge < -0.3 is 16.3 Å². The number of hydrogen-bond acceptors (Lipinski definition) is 4. The van der Waals surface area contributed by atoms with Gasteiger partial charge in [0, 0.05) is 28.9 Å². The molecule has 0 saturated heterocycles. The standard InChI is InChI=1S/C13H15N5O2/c1-8-11(7-16-17-8)6-15-13(19)10-4-2-9(3-5-10)12(14)18-20/h2-5,7,20H,6H2,1H3,(H2,14,18)(H,15,19)(H,16,17). The smallest absolute Gasteiger partial charge is 0.251 e. The molecule has 2 aromatic rings. The van der Waals surface area contributed by atoms with Crippen molar-refractivity contribution in [1.29, 1.82) is 0 Å². The maximum Gasteiger partial charge on any atom is 0.251 e. The summed E-state index contributed by atoms with van der Waals surface area (Å²) in [4.78, 5) is 11.9. The predicted octanol–water partition coefficient (Wildman–Crippen LogP) is 0.743. The van der Waals surface area contributed by atoms with Gasteiger partial charge in [0.1, 0.15) is 0 Å². The maximum atomic E-state index is 11.9. The molecule has 0 saturated carbocycles. The number of nitrogens with two attached hydrogens (primary N) is 1. The van der Waals surface area contributed by atoms with Crippen molar-refractivity contribution in [3.05, 3.63) is 52.8 Å². The number of aryl methyl sites for hydroxylation is 1. The van der Waals surface area contributed by atoms with Crippen LogP contribution in [0.1, 0.15) is 27.2 Å². The zero-order chi connectivity index (χ0) is 14.5. The van der Waals surface area contributed by atoms with E-state index in [1.165, 1.54) is 0 Å². The highest BCUT2D eigenvalue weighted by atomic mass is 16.4. The Kier molecular flexibility index (Phi) is 3.99. The zero-order valence-corrected chi connectivity index (χ0v) is 10.9. The number of amides is 1. The quantitative estimate of drug-likeness (QED) is 0.284. The minimum atomic E-state index is -0.198. The number of nitrogens with zero attached hydrogens (tertiary/aromatic N) is 2. The first-order valence-corrected chi connectivity index (χ1v) is 5.97. The lowest BCUT2D eigenvalue weighted by Gasteiger charge is -2.05. The fourth-order valence-electron chi connectivity index (χ4n) is 1.68. The lowest BCUT2D eigenvalue weighted by atomic mass is 10.1. The maximum absolute atomic E-state index is 11.9. The zero-order valence-electron chi connectivity index (χ0n) is 10.9. The van der Waals surface area contributed by atoms with E-state index in [2.05, 4.69) is 20.7 Å². The van der Waals surface area contributed by atoms with Crippen molar-refractivity contribution in [2.75, 3.05) is 0 Å². The van der Waals surface area contributed by atoms with Gasteiger partial charge in [0.2, 0.25) is 0 Å². The summed E-state index contributed by atoms with van der Waals surface area (Å²) in [6.45, 7) is 2.30. The third-order valence-electron chi connectivity index (χ3n) is 2.92. The minimum Gasteiger partial charge on any atom is -0.409 e. The van der Waals surface area contributed by atoms with Gasteiger partial charge in [-0.25, -0.2) is 0 Å². The Morgan fingerprint density at radius 3 is 2.60 bits per heavy atom. The molecule has 104 valence electrons. The van der Waals surface area contributed by atoms with Gasteiger partial charge in [-0.1, -0.05) is 17.3 Å². The summed E-state index contributed by atoms with van der Waals surface area (Å²) in [5, 5.41) is 20.9. The van der Waals surface area contributed by atoms with E-state index in [0.29, 0.717) is 17.7 Å². The van der Waals surface area contributed by atoms with Crippen LogP contribution < -0.4 is 11.1 Å². The number of hydrogen-bond donors (Lipinski definition) is 4. The topological polar surface area (TPSA) is 116 Å². The molecule has 7 nitrogen and oxygen atoms in total. The van der Waals surface area contributed by atoms with Crippen molar-refractivity contribution in [2.24, 2.45) is 10.9 Å². The van der Waals surface area contributed by atoms with E-state index in [4.69, 9.17) is 10.9 Å². The number of carbonyl (C=O) groups is 1. The van der Waals surface area contributed by atoms with Crippen molar-refractivity contribution in [3.63, 3.8) is 0 Å². The van der Waals surface area contributed by atoms with Gasteiger partial charge in [-0.3, -0.25) is 9.89 Å². The number of rotatable bonds is 4. The molecule has 1 amide bonds. The van der Waals surface area contributed by atoms with E-state index >= 15 is 0 Å². The number of aromatic amines is 1. The van der Waals surface area contributed by atoms with Crippen LogP contribution in [0.25, 0.3) is 0 Å². The second-order valence-electron chi connectivity index (χ2n) is 4.27. The first-order valence-electron chi connectivity index (χ1n) is 5.97. The van der Waals surface area contributed by atoms with E-state index in [1.54, 1.807) is 30.5 Å². The molecule has 0 aliphatic heterocycles. The van der Waals surface area contributed by atoms with Gasteiger partial charge in [0.25, 0.3) is 5.91 Å². The van der Waals surface area contributed by atoms with Crippen LogP contribution in [0.2, 0.25) is 0 Å². The lowest BCUT2D eigenvalue weighted by molar-refractivity contribution is 0.0951. The second kappa shape index (κ2) is 5.87. The molecule has 0 aliphatic carbocycles. The Morgan fingerprint density at radius 1 is 1.40 bits per heavy atom. The largest absolute Gasteiger partial charge is 0.409 e. The fraction of sp³-hybridized carbons (Fsp3) is 0.154. The minimum absolute atomic E-state index is 0.00554. The van der Waals surface area contributed by atoms with Gasteiger partial charge in [0.05, 0.1) is 6.20 Å². The Bertz CT molecular complexity index is 630. The van der Waals surface area contributed by atoms with Crippen LogP contribution in [0.15, 0.2) is 35.6 Å². The number of nitrogens with one attached hydrogen (secondary N) is 2. The van der Waals surface area contributed by atoms with Crippen LogP contribution in [0.4, 0.5) is 0 Å². The molecule has 0 bridgehead atoms. The molecule has 2 rings (SSSR count). The third-order valence-corrected chi connectivity index (χ3v) is 2.92. The van der Waals surface area contributed by atoms with Crippen molar-refractivity contribution in [1.82, 2.24) is 15.5 Å². The normalized spacial score (nSPS) is 11.3. The summed E-state index contributed by atoms with van der Waals surface area (Å²) in [5.41, 5.74) is 8.36. The number of carbonyl (C=O) groups excluding carboxylic acids is 1. The summed E-state index contributed by atoms with van der Waals surface area (Å²) >= 11 is 0. The van der Waals surface area contributed by atoms with Crippen LogP contribution in [0, 0.1) is 6.92 Å². The molecule has 0 spiro atoms. The molecular formula is C13H15N5O2. The Morgan fingerprint density at radius 2 is 2.05 bits per heavy atom. The lowest BCUT2D eigenvalue weighted by Crippen LogP contribution is -2.23. The number of aromatic nitrogens is 2. The molecule has 1 heterocycles. The second-order valence-corrected chi connectivity index (χ2v) is 4.27. The molecule has 1 aromatic carbocycles. The Balaban J connectivity index is 2.01. The monoisotopic (exact) mass is 273 g/mol. The van der Waals surface area contributed by atoms with Crippen molar-refractivity contribution >= 4 is 11.7 Å². The number of oxime groups is 1. The van der Waals surface area contributed by atoms with E-state index in [0.717, 1.165) is 11.3 Å². The molecular weight excluding hydrogens is 258 g/mol. The van der Waals surface area contributed by atoms with E-state index in [1.807, 2.05) is 6.92 Å². The van der Waals surface area contributed by atoms with Crippen LogP contribution in [0.5, 0.6) is 0 Å². The number of H-pyrrole nitrogens is 1. The van der Waals surface area contributed by atoms with Crippen LogP contribution in [-0.2, 0) is 6.54 Å². The first kappa shape index (κ1) is 13.6. The third kappa shape index (κ3) is 2.94. The highest BCUT2D eigenvalue weighted by molar-refractivity contribution is 5.99. The molecule has 0 aliphatic rings. The molecule has 20 heavy (non-hydrogen) atoms. The van der Waals surface area contributed by atoms with Gasteiger partial charge in [0.15, 0.2) is 5.84 Å². The summed E-state index contributed by atoms with van der Waals surface area (Å²) in [7, 11) is 0. The van der Waals surface area contributed by atoms with Crippen LogP contribution >= 0.6 is 0 Å². The Hall–Kier alpha value is -2.83. The van der Waals surface area contributed by atoms with Crippen LogP contribution in [-0.4, -0.2) is 27.1 Å². The summed E-state index contributed by atoms with van der Waals surface area (Å²) < 4.78 is 0. The number of amidine groups is 1. The number of benzene rings is 1. The average Bonchev–Trinajstić information content (AvgIpc) is 2.89. The Labute approximate surface area is 115 Å². The van der Waals surface area contributed by atoms with Crippen molar-refractivity contribution < 1.29 is 10.0 Å². The molecule has 0 radical (unpaired) electrons. The average molecular weight is 273 g/mol. The van der Waals surface area contributed by atoms with Crippen molar-refractivity contribution in [3.8, 4) is 0 Å². The van der Waals surface area contributed by atoms with E-state index < -0.39 is 0 Å². The molecule has 1 aromatic heterocycles. The molecule has 7 heteroatoms. The van der Waals surface area contributed by atoms with E-state index in [-0.39, 0.29) is 11.7 Å². The molecule has 0 fully saturated rings. The van der Waals surface area contributed by atoms with Gasteiger partial charge in [-0.2, -0.15) is 5.10 Å². The summed E-state index contributed by atoms with van der Waals surface area (Å²) in [5.74, 6) is -0.192. The fourth-order valence-corrected chi connectivity index (χ4v) is 1.68. The van der Waals surface area contributed by atoms with Gasteiger partial charge in [-0.05, 0) is 19.1 Å². The van der Waals surface area contributed by atoms with E-state index in [9.17, 15) is 4.79 Å². The summed E-state index contributed by atoms with van der Waals surface area (Å²) in [6, 6.07) is 6.47.